The van der Waals surface area contributed by atoms with Crippen LogP contribution in [0.3, 0.4) is 0 Å². The summed E-state index contributed by atoms with van der Waals surface area (Å²) in [4.78, 5) is 7.23. The molecule has 4 nitrogen and oxygen atoms in total. The molecule has 0 aromatic carbocycles. The van der Waals surface area contributed by atoms with E-state index in [0.717, 1.165) is 26.2 Å². The molecule has 0 saturated carbocycles. The van der Waals surface area contributed by atoms with Gasteiger partial charge in [-0.1, -0.05) is 0 Å². The van der Waals surface area contributed by atoms with E-state index in [1.165, 1.54) is 13.0 Å². The summed E-state index contributed by atoms with van der Waals surface area (Å²) in [6, 6.07) is 1.20. The van der Waals surface area contributed by atoms with Gasteiger partial charge in [-0.15, -0.1) is 0 Å². The predicted molar refractivity (Wildman–Crippen MR) is 69.7 cm³/mol. The Kier molecular flexibility index (Phi) is 5.69. The van der Waals surface area contributed by atoms with Crippen LogP contribution in [0.5, 0.6) is 0 Å². The third-order valence-electron chi connectivity index (χ3n) is 3.71. The molecule has 0 spiro atoms. The van der Waals surface area contributed by atoms with E-state index in [9.17, 15) is 0 Å². The van der Waals surface area contributed by atoms with Crippen LogP contribution in [0.1, 0.15) is 13.3 Å². The molecule has 1 saturated heterocycles. The SMILES string of the molecule is CC1CCN(CCN(C)C)C(CN)CN1C. The van der Waals surface area contributed by atoms with Crippen molar-refractivity contribution in [3.63, 3.8) is 0 Å². The first-order chi connectivity index (χ1) is 7.54. The van der Waals surface area contributed by atoms with Crippen LogP contribution in [0.15, 0.2) is 0 Å². The molecule has 0 aromatic heterocycles. The molecule has 2 N–H and O–H groups in total. The fourth-order valence-corrected chi connectivity index (χ4v) is 2.23. The topological polar surface area (TPSA) is 35.7 Å². The van der Waals surface area contributed by atoms with E-state index < -0.39 is 0 Å². The maximum Gasteiger partial charge on any atom is 0.0346 e. The molecule has 1 aliphatic rings. The lowest BCUT2D eigenvalue weighted by Crippen LogP contribution is -2.47. The van der Waals surface area contributed by atoms with Gasteiger partial charge < -0.3 is 15.5 Å². The summed E-state index contributed by atoms with van der Waals surface area (Å²) in [7, 11) is 6.47. The van der Waals surface area contributed by atoms with Crippen LogP contribution in [0.25, 0.3) is 0 Å². The summed E-state index contributed by atoms with van der Waals surface area (Å²) in [5.41, 5.74) is 5.90. The molecule has 2 unspecified atom stereocenters. The molecule has 0 amide bonds. The van der Waals surface area contributed by atoms with Gasteiger partial charge in [-0.3, -0.25) is 4.90 Å². The van der Waals surface area contributed by atoms with Gasteiger partial charge in [-0.25, -0.2) is 0 Å². The third-order valence-corrected chi connectivity index (χ3v) is 3.71. The van der Waals surface area contributed by atoms with Crippen LogP contribution in [-0.2, 0) is 0 Å². The quantitative estimate of drug-likeness (QED) is 0.729. The number of nitrogens with zero attached hydrogens (tertiary/aromatic N) is 3. The Morgan fingerprint density at radius 1 is 1.38 bits per heavy atom. The standard InChI is InChI=1S/C12H28N4/c1-11-5-6-16(8-7-14(2)3)12(9-13)10-15(11)4/h11-12H,5-10,13H2,1-4H3. The Labute approximate surface area is 100 Å². The normalized spacial score (nSPS) is 29.6. The molecule has 1 heterocycles. The van der Waals surface area contributed by atoms with Crippen LogP contribution in [0.2, 0.25) is 0 Å². The highest BCUT2D eigenvalue weighted by Crippen LogP contribution is 2.13. The van der Waals surface area contributed by atoms with Crippen molar-refractivity contribution in [2.45, 2.75) is 25.4 Å². The molecule has 0 radical (unpaired) electrons. The molecule has 1 rings (SSSR count). The van der Waals surface area contributed by atoms with Crippen molar-refractivity contribution < 1.29 is 0 Å². The summed E-state index contributed by atoms with van der Waals surface area (Å²) in [6.45, 7) is 7.61. The lowest BCUT2D eigenvalue weighted by atomic mass is 10.2. The monoisotopic (exact) mass is 228 g/mol. The Bertz CT molecular complexity index is 193. The minimum Gasteiger partial charge on any atom is -0.329 e. The molecular formula is C12H28N4. The Morgan fingerprint density at radius 2 is 2.06 bits per heavy atom. The third kappa shape index (κ3) is 4.01. The van der Waals surface area contributed by atoms with E-state index in [0.29, 0.717) is 12.1 Å². The number of rotatable bonds is 4. The second kappa shape index (κ2) is 6.55. The highest BCUT2D eigenvalue weighted by Gasteiger charge is 2.25. The van der Waals surface area contributed by atoms with E-state index in [1.807, 2.05) is 0 Å². The maximum absolute atomic E-state index is 5.90. The molecule has 96 valence electrons. The molecule has 16 heavy (non-hydrogen) atoms. The number of hydrogen-bond donors (Lipinski definition) is 1. The van der Waals surface area contributed by atoms with Gasteiger partial charge in [0.05, 0.1) is 0 Å². The van der Waals surface area contributed by atoms with Crippen molar-refractivity contribution in [2.75, 3.05) is 53.9 Å². The van der Waals surface area contributed by atoms with Gasteiger partial charge >= 0.3 is 0 Å². The van der Waals surface area contributed by atoms with Crippen molar-refractivity contribution >= 4 is 0 Å². The average molecular weight is 228 g/mol. The van der Waals surface area contributed by atoms with Crippen LogP contribution in [0.4, 0.5) is 0 Å². The molecule has 2 atom stereocenters. The predicted octanol–water partition coefficient (Wildman–Crippen LogP) is -0.0987. The van der Waals surface area contributed by atoms with Crippen LogP contribution in [0, 0.1) is 0 Å². The van der Waals surface area contributed by atoms with E-state index in [4.69, 9.17) is 5.73 Å². The van der Waals surface area contributed by atoms with Crippen molar-refractivity contribution in [1.29, 1.82) is 0 Å². The molecular weight excluding hydrogens is 200 g/mol. The fraction of sp³-hybridized carbons (Fsp3) is 1.00. The maximum atomic E-state index is 5.90. The van der Waals surface area contributed by atoms with E-state index in [2.05, 4.69) is 42.8 Å². The van der Waals surface area contributed by atoms with Crippen molar-refractivity contribution in [1.82, 2.24) is 14.7 Å². The van der Waals surface area contributed by atoms with Gasteiger partial charge in [0.25, 0.3) is 0 Å². The van der Waals surface area contributed by atoms with Crippen molar-refractivity contribution in [3.8, 4) is 0 Å². The van der Waals surface area contributed by atoms with Gasteiger partial charge in [0, 0.05) is 44.8 Å². The van der Waals surface area contributed by atoms with E-state index in [1.54, 1.807) is 0 Å². The Hall–Kier alpha value is -0.160. The van der Waals surface area contributed by atoms with Gasteiger partial charge in [0.1, 0.15) is 0 Å². The molecule has 0 bridgehead atoms. The highest BCUT2D eigenvalue weighted by atomic mass is 15.3. The van der Waals surface area contributed by atoms with Gasteiger partial charge in [0.15, 0.2) is 0 Å². The van der Waals surface area contributed by atoms with Gasteiger partial charge in [0.2, 0.25) is 0 Å². The second-order valence-electron chi connectivity index (χ2n) is 5.31. The zero-order chi connectivity index (χ0) is 12.1. The van der Waals surface area contributed by atoms with Crippen LogP contribution < -0.4 is 5.73 Å². The first-order valence-electron chi connectivity index (χ1n) is 6.33. The van der Waals surface area contributed by atoms with Crippen molar-refractivity contribution in [3.05, 3.63) is 0 Å². The minimum absolute atomic E-state index is 0.523. The smallest absolute Gasteiger partial charge is 0.0346 e. The number of likely N-dealkylation sites (N-methyl/N-ethyl adjacent to an activating group) is 2. The van der Waals surface area contributed by atoms with Gasteiger partial charge in [-0.05, 0) is 34.5 Å². The van der Waals surface area contributed by atoms with Crippen LogP contribution in [-0.4, -0.2) is 80.7 Å². The summed E-state index contributed by atoms with van der Waals surface area (Å²) < 4.78 is 0. The minimum atomic E-state index is 0.523. The fourth-order valence-electron chi connectivity index (χ4n) is 2.23. The zero-order valence-electron chi connectivity index (χ0n) is 11.3. The molecule has 1 aliphatic heterocycles. The highest BCUT2D eigenvalue weighted by molar-refractivity contribution is 4.83. The molecule has 0 aromatic rings. The van der Waals surface area contributed by atoms with Crippen LogP contribution >= 0.6 is 0 Å². The van der Waals surface area contributed by atoms with E-state index in [-0.39, 0.29) is 0 Å². The average Bonchev–Trinajstić information content (AvgIpc) is 2.37. The van der Waals surface area contributed by atoms with Gasteiger partial charge in [-0.2, -0.15) is 0 Å². The molecule has 4 heteroatoms. The molecule has 0 aliphatic carbocycles. The number of hydrogen-bond acceptors (Lipinski definition) is 4. The largest absolute Gasteiger partial charge is 0.329 e. The first-order valence-corrected chi connectivity index (χ1v) is 6.33. The summed E-state index contributed by atoms with van der Waals surface area (Å²) in [6.07, 6.45) is 1.25. The lowest BCUT2D eigenvalue weighted by Gasteiger charge is -2.31. The summed E-state index contributed by atoms with van der Waals surface area (Å²) in [5, 5.41) is 0. The molecule has 1 fully saturated rings. The first kappa shape index (κ1) is 13.9. The van der Waals surface area contributed by atoms with E-state index >= 15 is 0 Å². The zero-order valence-corrected chi connectivity index (χ0v) is 11.3. The Morgan fingerprint density at radius 3 is 2.62 bits per heavy atom. The summed E-state index contributed by atoms with van der Waals surface area (Å²) >= 11 is 0. The van der Waals surface area contributed by atoms with Crippen molar-refractivity contribution in [2.24, 2.45) is 5.73 Å². The summed E-state index contributed by atoms with van der Waals surface area (Å²) in [5.74, 6) is 0. The second-order valence-corrected chi connectivity index (χ2v) is 5.31. The number of nitrogens with two attached hydrogens (primary N) is 1. The Balaban J connectivity index is 2.52. The lowest BCUT2D eigenvalue weighted by molar-refractivity contribution is 0.173.